The Morgan fingerprint density at radius 1 is 1.05 bits per heavy atom. The molecular formula is C16H10BrN3. The number of hydrogen-bond donors (Lipinski definition) is 0. The minimum atomic E-state index is 0.585. The summed E-state index contributed by atoms with van der Waals surface area (Å²) in [5.41, 5.74) is 3.49. The lowest BCUT2D eigenvalue weighted by molar-refractivity contribution is 0.877. The topological polar surface area (TPSA) is 41.6 Å². The third-order valence-corrected chi connectivity index (χ3v) is 3.51. The van der Waals surface area contributed by atoms with Crippen molar-refractivity contribution in [3.63, 3.8) is 0 Å². The molecule has 0 aliphatic carbocycles. The van der Waals surface area contributed by atoms with Crippen molar-refractivity contribution in [3.05, 3.63) is 71.0 Å². The van der Waals surface area contributed by atoms with Crippen molar-refractivity contribution in [3.8, 4) is 22.9 Å². The molecule has 0 saturated heterocycles. The van der Waals surface area contributed by atoms with Crippen LogP contribution in [0.4, 0.5) is 0 Å². The SMILES string of the molecule is N#Cc1cc(Br)ccc1-n1cc(-c2ccccc2)cn1. The van der Waals surface area contributed by atoms with Crippen LogP contribution in [-0.4, -0.2) is 9.78 Å². The molecule has 0 aliphatic heterocycles. The van der Waals surface area contributed by atoms with E-state index in [0.717, 1.165) is 21.3 Å². The lowest BCUT2D eigenvalue weighted by Crippen LogP contribution is -1.97. The largest absolute Gasteiger partial charge is 0.239 e. The Morgan fingerprint density at radius 3 is 2.60 bits per heavy atom. The van der Waals surface area contributed by atoms with Gasteiger partial charge in [0, 0.05) is 16.2 Å². The molecule has 0 bridgehead atoms. The molecule has 3 nitrogen and oxygen atoms in total. The van der Waals surface area contributed by atoms with Gasteiger partial charge in [0.2, 0.25) is 0 Å². The van der Waals surface area contributed by atoms with Crippen LogP contribution in [0.15, 0.2) is 65.4 Å². The van der Waals surface area contributed by atoms with Crippen LogP contribution in [0.5, 0.6) is 0 Å². The smallest absolute Gasteiger partial charge is 0.101 e. The normalized spacial score (nSPS) is 10.2. The van der Waals surface area contributed by atoms with Gasteiger partial charge < -0.3 is 0 Å². The van der Waals surface area contributed by atoms with E-state index in [0.29, 0.717) is 5.56 Å². The van der Waals surface area contributed by atoms with Gasteiger partial charge in [0.25, 0.3) is 0 Å². The molecule has 0 spiro atoms. The van der Waals surface area contributed by atoms with Crippen molar-refractivity contribution >= 4 is 15.9 Å². The van der Waals surface area contributed by atoms with E-state index in [1.807, 2.05) is 48.7 Å². The van der Waals surface area contributed by atoms with Crippen LogP contribution in [0.1, 0.15) is 5.56 Å². The van der Waals surface area contributed by atoms with Gasteiger partial charge in [-0.25, -0.2) is 4.68 Å². The molecule has 0 N–H and O–H groups in total. The molecule has 0 atom stereocenters. The lowest BCUT2D eigenvalue weighted by Gasteiger charge is -2.04. The van der Waals surface area contributed by atoms with Crippen molar-refractivity contribution in [1.29, 1.82) is 5.26 Å². The van der Waals surface area contributed by atoms with Crippen molar-refractivity contribution < 1.29 is 0 Å². The number of nitrogens with zero attached hydrogens (tertiary/aromatic N) is 3. The van der Waals surface area contributed by atoms with E-state index >= 15 is 0 Å². The molecule has 3 rings (SSSR count). The van der Waals surface area contributed by atoms with E-state index in [9.17, 15) is 5.26 Å². The van der Waals surface area contributed by atoms with Gasteiger partial charge in [-0.05, 0) is 23.8 Å². The lowest BCUT2D eigenvalue weighted by atomic mass is 10.1. The molecule has 0 amide bonds. The van der Waals surface area contributed by atoms with E-state index in [-0.39, 0.29) is 0 Å². The Hall–Kier alpha value is -2.38. The summed E-state index contributed by atoms with van der Waals surface area (Å²) in [6, 6.07) is 17.8. The quantitative estimate of drug-likeness (QED) is 0.710. The summed E-state index contributed by atoms with van der Waals surface area (Å²) >= 11 is 3.37. The Morgan fingerprint density at radius 2 is 1.85 bits per heavy atom. The predicted molar refractivity (Wildman–Crippen MR) is 81.4 cm³/mol. The fraction of sp³-hybridized carbons (Fsp3) is 0. The molecular weight excluding hydrogens is 314 g/mol. The fourth-order valence-corrected chi connectivity index (χ4v) is 2.39. The molecule has 4 heteroatoms. The highest BCUT2D eigenvalue weighted by Crippen LogP contribution is 2.23. The summed E-state index contributed by atoms with van der Waals surface area (Å²) in [6.45, 7) is 0. The van der Waals surface area contributed by atoms with Crippen molar-refractivity contribution in [1.82, 2.24) is 9.78 Å². The Bertz CT molecular complexity index is 785. The minimum Gasteiger partial charge on any atom is -0.239 e. The molecule has 96 valence electrons. The van der Waals surface area contributed by atoms with Gasteiger partial charge in [0.15, 0.2) is 0 Å². The maximum Gasteiger partial charge on any atom is 0.101 e. The maximum absolute atomic E-state index is 9.22. The highest BCUT2D eigenvalue weighted by Gasteiger charge is 2.07. The Kier molecular flexibility index (Phi) is 3.36. The van der Waals surface area contributed by atoms with E-state index < -0.39 is 0 Å². The van der Waals surface area contributed by atoms with Crippen LogP contribution in [0.3, 0.4) is 0 Å². The number of hydrogen-bond acceptors (Lipinski definition) is 2. The van der Waals surface area contributed by atoms with Gasteiger partial charge >= 0.3 is 0 Å². The van der Waals surface area contributed by atoms with Crippen molar-refractivity contribution in [2.24, 2.45) is 0 Å². The molecule has 20 heavy (non-hydrogen) atoms. The number of rotatable bonds is 2. The summed E-state index contributed by atoms with van der Waals surface area (Å²) in [7, 11) is 0. The number of nitriles is 1. The van der Waals surface area contributed by atoms with Gasteiger partial charge in [-0.1, -0.05) is 46.3 Å². The molecule has 0 unspecified atom stereocenters. The standard InChI is InChI=1S/C16H10BrN3/c17-15-6-7-16(13(8-15)9-18)20-11-14(10-19-20)12-4-2-1-3-5-12/h1-8,10-11H. The molecule has 2 aromatic carbocycles. The average Bonchev–Trinajstić information content (AvgIpc) is 2.97. The fourth-order valence-electron chi connectivity index (χ4n) is 2.03. The van der Waals surface area contributed by atoms with Crippen molar-refractivity contribution in [2.75, 3.05) is 0 Å². The highest BCUT2D eigenvalue weighted by molar-refractivity contribution is 9.10. The van der Waals surface area contributed by atoms with Gasteiger partial charge in [-0.3, -0.25) is 0 Å². The predicted octanol–water partition coefficient (Wildman–Crippen LogP) is 4.17. The molecule has 0 radical (unpaired) electrons. The first-order valence-corrected chi connectivity index (χ1v) is 6.87. The molecule has 0 aliphatic rings. The average molecular weight is 324 g/mol. The molecule has 1 heterocycles. The van der Waals surface area contributed by atoms with Gasteiger partial charge in [-0.2, -0.15) is 10.4 Å². The number of halogens is 1. The van der Waals surface area contributed by atoms with Gasteiger partial charge in [-0.15, -0.1) is 0 Å². The summed E-state index contributed by atoms with van der Waals surface area (Å²) in [4.78, 5) is 0. The Labute approximate surface area is 125 Å². The Balaban J connectivity index is 2.05. The first-order valence-electron chi connectivity index (χ1n) is 6.08. The second-order valence-electron chi connectivity index (χ2n) is 4.31. The maximum atomic E-state index is 9.22. The summed E-state index contributed by atoms with van der Waals surface area (Å²) < 4.78 is 2.61. The van der Waals surface area contributed by atoms with Crippen LogP contribution < -0.4 is 0 Å². The van der Waals surface area contributed by atoms with E-state index in [1.165, 1.54) is 0 Å². The molecule has 0 fully saturated rings. The first kappa shape index (κ1) is 12.6. The van der Waals surface area contributed by atoms with Crippen LogP contribution in [0.2, 0.25) is 0 Å². The van der Waals surface area contributed by atoms with Crippen LogP contribution in [0.25, 0.3) is 16.8 Å². The van der Waals surface area contributed by atoms with Crippen LogP contribution >= 0.6 is 15.9 Å². The zero-order valence-corrected chi connectivity index (χ0v) is 12.1. The molecule has 0 saturated carbocycles. The third kappa shape index (κ3) is 2.36. The zero-order valence-electron chi connectivity index (χ0n) is 10.5. The van der Waals surface area contributed by atoms with Crippen LogP contribution in [-0.2, 0) is 0 Å². The second kappa shape index (κ2) is 5.32. The van der Waals surface area contributed by atoms with E-state index in [4.69, 9.17) is 0 Å². The van der Waals surface area contributed by atoms with Crippen LogP contribution in [0, 0.1) is 11.3 Å². The van der Waals surface area contributed by atoms with Gasteiger partial charge in [0.1, 0.15) is 6.07 Å². The molecule has 3 aromatic rings. The minimum absolute atomic E-state index is 0.585. The number of benzene rings is 2. The summed E-state index contributed by atoms with van der Waals surface area (Å²) in [5.74, 6) is 0. The number of aromatic nitrogens is 2. The molecule has 1 aromatic heterocycles. The van der Waals surface area contributed by atoms with E-state index in [2.05, 4.69) is 27.1 Å². The first-order chi connectivity index (χ1) is 9.78. The second-order valence-corrected chi connectivity index (χ2v) is 5.23. The highest BCUT2D eigenvalue weighted by atomic mass is 79.9. The van der Waals surface area contributed by atoms with Gasteiger partial charge in [0.05, 0.1) is 17.4 Å². The van der Waals surface area contributed by atoms with E-state index in [1.54, 1.807) is 16.9 Å². The summed E-state index contributed by atoms with van der Waals surface area (Å²) in [6.07, 6.45) is 3.73. The third-order valence-electron chi connectivity index (χ3n) is 3.02. The zero-order chi connectivity index (χ0) is 13.9. The summed E-state index contributed by atoms with van der Waals surface area (Å²) in [5, 5.41) is 13.6. The van der Waals surface area contributed by atoms with Crippen molar-refractivity contribution in [2.45, 2.75) is 0 Å². The monoisotopic (exact) mass is 323 g/mol.